The van der Waals surface area contributed by atoms with Crippen LogP contribution in [-0.2, 0) is 13.1 Å². The van der Waals surface area contributed by atoms with Gasteiger partial charge in [-0.25, -0.2) is 13.9 Å². The van der Waals surface area contributed by atoms with Crippen molar-refractivity contribution in [2.75, 3.05) is 6.54 Å². The van der Waals surface area contributed by atoms with E-state index >= 15 is 0 Å². The molecule has 2 bridgehead atoms. The number of amides is 1. The SMILES string of the molecule is CC(C)CN1C2CCC1CC(Oc1cc(F)ccc1C(=O)N1Cc3nn4cc(Cl)cnc4c3C1)C2. The second-order valence-electron chi connectivity index (χ2n) is 10.5. The highest BCUT2D eigenvalue weighted by atomic mass is 35.5. The molecular formula is C26H29ClFN5O2. The van der Waals surface area contributed by atoms with Gasteiger partial charge in [-0.15, -0.1) is 0 Å². The number of fused-ring (bicyclic) bond motifs is 5. The fourth-order valence-corrected chi connectivity index (χ4v) is 6.17. The highest BCUT2D eigenvalue weighted by Crippen LogP contribution is 2.39. The Bertz CT molecular complexity index is 1280. The molecule has 1 amide bonds. The van der Waals surface area contributed by atoms with Gasteiger partial charge < -0.3 is 9.64 Å². The Morgan fingerprint density at radius 1 is 1.23 bits per heavy atom. The van der Waals surface area contributed by atoms with Crippen LogP contribution in [0.5, 0.6) is 5.75 Å². The maximum Gasteiger partial charge on any atom is 0.258 e. The quantitative estimate of drug-likeness (QED) is 0.511. The number of carbonyl (C=O) groups is 1. The molecule has 7 nitrogen and oxygen atoms in total. The van der Waals surface area contributed by atoms with E-state index in [4.69, 9.17) is 16.3 Å². The van der Waals surface area contributed by atoms with Crippen LogP contribution in [0.25, 0.3) is 5.65 Å². The van der Waals surface area contributed by atoms with Gasteiger partial charge in [-0.2, -0.15) is 5.10 Å². The van der Waals surface area contributed by atoms with Gasteiger partial charge in [0.05, 0.1) is 35.6 Å². The predicted molar refractivity (Wildman–Crippen MR) is 130 cm³/mol. The molecule has 2 fully saturated rings. The van der Waals surface area contributed by atoms with Crippen LogP contribution in [0.2, 0.25) is 5.02 Å². The molecule has 2 saturated heterocycles. The van der Waals surface area contributed by atoms with Crippen molar-refractivity contribution >= 4 is 23.2 Å². The minimum absolute atomic E-state index is 0.0156. The van der Waals surface area contributed by atoms with Crippen molar-refractivity contribution in [2.45, 2.75) is 70.8 Å². The summed E-state index contributed by atoms with van der Waals surface area (Å²) in [4.78, 5) is 22.2. The summed E-state index contributed by atoms with van der Waals surface area (Å²) in [5.74, 6) is 0.369. The molecule has 35 heavy (non-hydrogen) atoms. The number of piperidine rings is 1. The lowest BCUT2D eigenvalue weighted by molar-refractivity contribution is 0.0413. The predicted octanol–water partition coefficient (Wildman–Crippen LogP) is 4.71. The Kier molecular flexibility index (Phi) is 5.68. The molecule has 3 aliphatic heterocycles. The smallest absolute Gasteiger partial charge is 0.258 e. The molecule has 2 atom stereocenters. The molecule has 3 aromatic rings. The van der Waals surface area contributed by atoms with Crippen LogP contribution in [0.4, 0.5) is 4.39 Å². The minimum atomic E-state index is -0.403. The largest absolute Gasteiger partial charge is 0.489 e. The Balaban J connectivity index is 1.20. The molecule has 9 heteroatoms. The van der Waals surface area contributed by atoms with Gasteiger partial charge >= 0.3 is 0 Å². The summed E-state index contributed by atoms with van der Waals surface area (Å²) in [7, 11) is 0. The van der Waals surface area contributed by atoms with E-state index in [9.17, 15) is 9.18 Å². The number of hydrogen-bond acceptors (Lipinski definition) is 5. The van der Waals surface area contributed by atoms with Crippen LogP contribution in [0.3, 0.4) is 0 Å². The lowest BCUT2D eigenvalue weighted by atomic mass is 9.98. The first-order chi connectivity index (χ1) is 16.9. The highest BCUT2D eigenvalue weighted by molar-refractivity contribution is 6.30. The average molecular weight is 498 g/mol. The van der Waals surface area contributed by atoms with Crippen LogP contribution in [0.1, 0.15) is 61.1 Å². The maximum atomic E-state index is 14.2. The van der Waals surface area contributed by atoms with Gasteiger partial charge in [0.1, 0.15) is 17.7 Å². The number of hydrogen-bond donors (Lipinski definition) is 0. The molecule has 0 spiro atoms. The minimum Gasteiger partial charge on any atom is -0.489 e. The third-order valence-corrected chi connectivity index (χ3v) is 7.68. The first-order valence-corrected chi connectivity index (χ1v) is 12.8. The first kappa shape index (κ1) is 22.7. The van der Waals surface area contributed by atoms with Gasteiger partial charge in [-0.3, -0.25) is 9.69 Å². The van der Waals surface area contributed by atoms with Crippen LogP contribution in [0, 0.1) is 11.7 Å². The standard InChI is InChI=1S/C26H29ClFN5O2/c1-15(2)11-32-18-4-5-19(32)9-20(8-18)35-24-7-17(28)3-6-21(24)26(34)31-13-22-23(14-31)30-33-12-16(27)10-29-25(22)33/h3,6-7,10,12,15,18-20H,4-5,8-9,11,13-14H2,1-2H3. The van der Waals surface area contributed by atoms with Gasteiger partial charge in [-0.1, -0.05) is 25.4 Å². The van der Waals surface area contributed by atoms with E-state index in [0.717, 1.165) is 30.6 Å². The van der Waals surface area contributed by atoms with Gasteiger partial charge in [-0.05, 0) is 43.7 Å². The molecule has 2 unspecified atom stereocenters. The molecular weight excluding hydrogens is 469 g/mol. The first-order valence-electron chi connectivity index (χ1n) is 12.4. The third-order valence-electron chi connectivity index (χ3n) is 7.48. The van der Waals surface area contributed by atoms with Crippen molar-refractivity contribution in [1.82, 2.24) is 24.4 Å². The van der Waals surface area contributed by atoms with Crippen molar-refractivity contribution in [2.24, 2.45) is 5.92 Å². The molecule has 5 heterocycles. The maximum absolute atomic E-state index is 14.2. The van der Waals surface area contributed by atoms with E-state index in [2.05, 4.69) is 28.8 Å². The van der Waals surface area contributed by atoms with Gasteiger partial charge in [0.15, 0.2) is 5.65 Å². The fourth-order valence-electron chi connectivity index (χ4n) is 6.03. The summed E-state index contributed by atoms with van der Waals surface area (Å²) in [5.41, 5.74) is 2.79. The summed E-state index contributed by atoms with van der Waals surface area (Å²) < 4.78 is 22.3. The Morgan fingerprint density at radius 3 is 2.74 bits per heavy atom. The zero-order valence-electron chi connectivity index (χ0n) is 20.0. The summed E-state index contributed by atoms with van der Waals surface area (Å²) in [5, 5.41) is 5.04. The van der Waals surface area contributed by atoms with E-state index in [1.807, 2.05) is 0 Å². The second-order valence-corrected chi connectivity index (χ2v) is 10.9. The number of ether oxygens (including phenoxy) is 1. The number of benzene rings is 1. The molecule has 184 valence electrons. The molecule has 0 radical (unpaired) electrons. The van der Waals surface area contributed by atoms with Crippen molar-refractivity contribution in [3.05, 3.63) is 58.3 Å². The molecule has 2 aromatic heterocycles. The molecule has 0 aliphatic carbocycles. The van der Waals surface area contributed by atoms with Gasteiger partial charge in [0.2, 0.25) is 0 Å². The van der Waals surface area contributed by atoms with Crippen molar-refractivity contribution in [3.8, 4) is 5.75 Å². The van der Waals surface area contributed by atoms with Crippen LogP contribution in [-0.4, -0.2) is 55.0 Å². The molecule has 0 N–H and O–H groups in total. The second kappa shape index (κ2) is 8.75. The highest BCUT2D eigenvalue weighted by Gasteiger charge is 2.42. The zero-order valence-corrected chi connectivity index (χ0v) is 20.7. The summed E-state index contributed by atoms with van der Waals surface area (Å²) in [6, 6.07) is 5.22. The van der Waals surface area contributed by atoms with Gasteiger partial charge in [0.25, 0.3) is 5.91 Å². The van der Waals surface area contributed by atoms with Gasteiger partial charge in [0, 0.05) is 36.5 Å². The summed E-state index contributed by atoms with van der Waals surface area (Å²) in [6.07, 6.45) is 7.45. The number of rotatable bonds is 5. The topological polar surface area (TPSA) is 63.0 Å². The van der Waals surface area contributed by atoms with E-state index in [1.165, 1.54) is 31.0 Å². The van der Waals surface area contributed by atoms with E-state index in [-0.39, 0.29) is 12.0 Å². The zero-order chi connectivity index (χ0) is 24.3. The summed E-state index contributed by atoms with van der Waals surface area (Å²) >= 11 is 6.03. The Morgan fingerprint density at radius 2 is 2.00 bits per heavy atom. The monoisotopic (exact) mass is 497 g/mol. The third kappa shape index (κ3) is 4.16. The fraction of sp³-hybridized carbons (Fsp3) is 0.500. The lowest BCUT2D eigenvalue weighted by Crippen LogP contribution is -2.47. The van der Waals surface area contributed by atoms with Crippen molar-refractivity contribution in [1.29, 1.82) is 0 Å². The normalized spacial score (nSPS) is 23.9. The number of halogens is 2. The number of carbonyl (C=O) groups excluding carboxylic acids is 1. The lowest BCUT2D eigenvalue weighted by Gasteiger charge is -2.40. The van der Waals surface area contributed by atoms with Crippen molar-refractivity contribution < 1.29 is 13.9 Å². The molecule has 6 rings (SSSR count). The average Bonchev–Trinajstić information content (AvgIpc) is 3.42. The van der Waals surface area contributed by atoms with E-state index in [1.54, 1.807) is 21.8 Å². The Labute approximate surface area is 208 Å². The van der Waals surface area contributed by atoms with Crippen molar-refractivity contribution in [3.63, 3.8) is 0 Å². The molecule has 1 aromatic carbocycles. The Hall–Kier alpha value is -2.71. The molecule has 3 aliphatic rings. The van der Waals surface area contributed by atoms with E-state index < -0.39 is 5.82 Å². The summed E-state index contributed by atoms with van der Waals surface area (Å²) in [6.45, 7) is 6.37. The number of nitrogens with zero attached hydrogens (tertiary/aromatic N) is 5. The van der Waals surface area contributed by atoms with E-state index in [0.29, 0.717) is 53.1 Å². The van der Waals surface area contributed by atoms with Crippen LogP contribution >= 0.6 is 11.6 Å². The number of aromatic nitrogens is 3. The molecule has 0 saturated carbocycles. The van der Waals surface area contributed by atoms with Crippen LogP contribution < -0.4 is 4.74 Å². The van der Waals surface area contributed by atoms with Crippen LogP contribution in [0.15, 0.2) is 30.6 Å².